The summed E-state index contributed by atoms with van der Waals surface area (Å²) < 4.78 is 35.9. The van der Waals surface area contributed by atoms with Gasteiger partial charge in [0.25, 0.3) is 0 Å². The Morgan fingerprint density at radius 1 is 0.718 bits per heavy atom. The molecule has 12 nitrogen and oxygen atoms in total. The summed E-state index contributed by atoms with van der Waals surface area (Å²) in [5.41, 5.74) is 6.53. The van der Waals surface area contributed by atoms with Gasteiger partial charge >= 0.3 is 24.4 Å². The number of ether oxygens (including phenoxy) is 7. The van der Waals surface area contributed by atoms with Gasteiger partial charge in [-0.05, 0) is 63.6 Å². The molecular weight excluding hydrogens is 514 g/mol. The van der Waals surface area contributed by atoms with Crippen LogP contribution in [0.15, 0.2) is 18.2 Å². The molecule has 0 fully saturated rings. The highest BCUT2D eigenvalue weighted by Gasteiger charge is 2.26. The van der Waals surface area contributed by atoms with E-state index in [2.05, 4.69) is 0 Å². The Balaban J connectivity index is 2.85. The number of rotatable bonds is 14. The van der Waals surface area contributed by atoms with Crippen LogP contribution in [0.5, 0.6) is 11.5 Å². The standard InChI is InChI=1S/C27H41NO11/c1-8-12-33-25(30)38-22-11-10-20(15-23(22)39-26(31)34-13-9-2)14-21(28)24(29)35-18(6)19(7)37-27(32)36-17(5)16(3)4/h10-11,15-19,21H,8-9,12-14,28H2,1-7H3/t17?,18-,19-,21-/m0/s1. The first kappa shape index (κ1) is 33.5. The third-order valence-electron chi connectivity index (χ3n) is 5.47. The van der Waals surface area contributed by atoms with Crippen molar-refractivity contribution in [3.63, 3.8) is 0 Å². The van der Waals surface area contributed by atoms with Crippen LogP contribution < -0.4 is 15.2 Å². The third kappa shape index (κ3) is 12.7. The summed E-state index contributed by atoms with van der Waals surface area (Å²) in [6.07, 6.45) is -3.57. The van der Waals surface area contributed by atoms with E-state index in [9.17, 15) is 19.2 Å². The lowest BCUT2D eigenvalue weighted by Gasteiger charge is -2.23. The van der Waals surface area contributed by atoms with Crippen LogP contribution in [0.3, 0.4) is 0 Å². The molecule has 39 heavy (non-hydrogen) atoms. The number of benzene rings is 1. The van der Waals surface area contributed by atoms with Crippen molar-refractivity contribution in [3.8, 4) is 11.5 Å². The predicted octanol–water partition coefficient (Wildman–Crippen LogP) is 4.93. The van der Waals surface area contributed by atoms with E-state index in [1.165, 1.54) is 12.1 Å². The minimum atomic E-state index is -1.10. The van der Waals surface area contributed by atoms with Crippen LogP contribution in [-0.4, -0.2) is 62.0 Å². The molecule has 220 valence electrons. The quantitative estimate of drug-likeness (QED) is 0.188. The van der Waals surface area contributed by atoms with Crippen molar-refractivity contribution in [2.45, 2.75) is 92.1 Å². The molecule has 4 atom stereocenters. The van der Waals surface area contributed by atoms with Gasteiger partial charge in [-0.3, -0.25) is 4.79 Å². The molecule has 0 aliphatic heterocycles. The van der Waals surface area contributed by atoms with Gasteiger partial charge in [0.1, 0.15) is 24.4 Å². The number of esters is 1. The average Bonchev–Trinajstić information content (AvgIpc) is 2.87. The molecule has 0 spiro atoms. The minimum Gasteiger partial charge on any atom is -0.458 e. The van der Waals surface area contributed by atoms with Crippen molar-refractivity contribution in [2.75, 3.05) is 13.2 Å². The third-order valence-corrected chi connectivity index (χ3v) is 5.47. The van der Waals surface area contributed by atoms with E-state index in [1.54, 1.807) is 26.8 Å². The summed E-state index contributed by atoms with van der Waals surface area (Å²) in [5, 5.41) is 0. The summed E-state index contributed by atoms with van der Waals surface area (Å²) in [5.74, 6) is -0.824. The molecule has 0 heterocycles. The van der Waals surface area contributed by atoms with E-state index >= 15 is 0 Å². The first-order chi connectivity index (χ1) is 18.4. The van der Waals surface area contributed by atoms with Crippen LogP contribution in [0.4, 0.5) is 14.4 Å². The molecule has 0 amide bonds. The second-order valence-electron chi connectivity index (χ2n) is 9.27. The number of carbonyl (C=O) groups excluding carboxylic acids is 4. The number of hydrogen-bond acceptors (Lipinski definition) is 12. The SMILES string of the molecule is CCCOC(=O)Oc1ccc(C[C@H](N)C(=O)O[C@@H](C)[C@H](C)OC(=O)OC(C)C(C)C)cc1OC(=O)OCCC. The van der Waals surface area contributed by atoms with Gasteiger partial charge in [-0.15, -0.1) is 0 Å². The van der Waals surface area contributed by atoms with Crippen molar-refractivity contribution in [2.24, 2.45) is 11.7 Å². The average molecular weight is 556 g/mol. The molecule has 0 radical (unpaired) electrons. The van der Waals surface area contributed by atoms with E-state index in [0.717, 1.165) is 0 Å². The molecule has 0 saturated heterocycles. The molecule has 0 aliphatic rings. The summed E-state index contributed by atoms with van der Waals surface area (Å²) in [6, 6.07) is 3.21. The minimum absolute atomic E-state index is 0.00430. The Kier molecular flexibility index (Phi) is 14.7. The molecule has 1 rings (SSSR count). The first-order valence-electron chi connectivity index (χ1n) is 13.0. The fraction of sp³-hybridized carbons (Fsp3) is 0.630. The van der Waals surface area contributed by atoms with Crippen LogP contribution in [0.1, 0.15) is 66.9 Å². The summed E-state index contributed by atoms with van der Waals surface area (Å²) in [4.78, 5) is 48.5. The van der Waals surface area contributed by atoms with Gasteiger partial charge in [-0.2, -0.15) is 0 Å². The van der Waals surface area contributed by atoms with E-state index in [-0.39, 0.29) is 43.2 Å². The monoisotopic (exact) mass is 555 g/mol. The maximum atomic E-state index is 12.6. The van der Waals surface area contributed by atoms with Crippen molar-refractivity contribution in [3.05, 3.63) is 23.8 Å². The first-order valence-corrected chi connectivity index (χ1v) is 13.0. The maximum Gasteiger partial charge on any atom is 0.513 e. The highest BCUT2D eigenvalue weighted by atomic mass is 16.8. The van der Waals surface area contributed by atoms with Crippen molar-refractivity contribution in [1.82, 2.24) is 0 Å². The van der Waals surface area contributed by atoms with E-state index < -0.39 is 42.7 Å². The van der Waals surface area contributed by atoms with Crippen LogP contribution in [0.25, 0.3) is 0 Å². The van der Waals surface area contributed by atoms with Crippen molar-refractivity contribution < 1.29 is 52.3 Å². The van der Waals surface area contributed by atoms with E-state index in [1.807, 2.05) is 27.7 Å². The van der Waals surface area contributed by atoms with Gasteiger partial charge in [0.15, 0.2) is 11.5 Å². The Morgan fingerprint density at radius 2 is 1.23 bits per heavy atom. The lowest BCUT2D eigenvalue weighted by atomic mass is 10.1. The second-order valence-corrected chi connectivity index (χ2v) is 9.27. The highest BCUT2D eigenvalue weighted by Crippen LogP contribution is 2.30. The zero-order valence-electron chi connectivity index (χ0n) is 23.7. The molecular formula is C27H41NO11. The van der Waals surface area contributed by atoms with Crippen LogP contribution in [0, 0.1) is 5.92 Å². The Labute approximate surface area is 229 Å². The van der Waals surface area contributed by atoms with Crippen LogP contribution in [-0.2, 0) is 34.9 Å². The maximum absolute atomic E-state index is 12.6. The zero-order chi connectivity index (χ0) is 29.5. The molecule has 0 bridgehead atoms. The molecule has 1 aromatic carbocycles. The summed E-state index contributed by atoms with van der Waals surface area (Å²) in [6.45, 7) is 12.6. The Hall–Kier alpha value is -3.54. The van der Waals surface area contributed by atoms with Crippen molar-refractivity contribution in [1.29, 1.82) is 0 Å². The normalized spacial score (nSPS) is 13.9. The summed E-state index contributed by atoms with van der Waals surface area (Å²) in [7, 11) is 0. The topological polar surface area (TPSA) is 159 Å². The molecule has 0 aromatic heterocycles. The van der Waals surface area contributed by atoms with Gasteiger partial charge in [0.2, 0.25) is 0 Å². The number of nitrogens with two attached hydrogens (primary N) is 1. The zero-order valence-corrected chi connectivity index (χ0v) is 23.7. The lowest BCUT2D eigenvalue weighted by Crippen LogP contribution is -2.39. The molecule has 12 heteroatoms. The van der Waals surface area contributed by atoms with E-state index in [4.69, 9.17) is 38.9 Å². The smallest absolute Gasteiger partial charge is 0.458 e. The number of carbonyl (C=O) groups is 4. The lowest BCUT2D eigenvalue weighted by molar-refractivity contribution is -0.155. The Bertz CT molecular complexity index is 950. The molecule has 2 N–H and O–H groups in total. The van der Waals surface area contributed by atoms with Gasteiger partial charge in [0.05, 0.1) is 13.2 Å². The van der Waals surface area contributed by atoms with Gasteiger partial charge in [-0.1, -0.05) is 33.8 Å². The molecule has 1 unspecified atom stereocenters. The molecule has 1 aromatic rings. The van der Waals surface area contributed by atoms with Gasteiger partial charge in [0, 0.05) is 0 Å². The summed E-state index contributed by atoms with van der Waals surface area (Å²) >= 11 is 0. The van der Waals surface area contributed by atoms with Gasteiger partial charge < -0.3 is 38.9 Å². The highest BCUT2D eigenvalue weighted by molar-refractivity contribution is 5.76. The van der Waals surface area contributed by atoms with Crippen LogP contribution in [0.2, 0.25) is 0 Å². The molecule has 0 aliphatic carbocycles. The van der Waals surface area contributed by atoms with Crippen LogP contribution >= 0.6 is 0 Å². The fourth-order valence-corrected chi connectivity index (χ4v) is 2.72. The van der Waals surface area contributed by atoms with Gasteiger partial charge in [-0.25, -0.2) is 14.4 Å². The predicted molar refractivity (Wildman–Crippen MR) is 140 cm³/mol. The van der Waals surface area contributed by atoms with E-state index in [0.29, 0.717) is 18.4 Å². The fourth-order valence-electron chi connectivity index (χ4n) is 2.72. The largest absolute Gasteiger partial charge is 0.513 e. The molecule has 0 saturated carbocycles. The Morgan fingerprint density at radius 3 is 1.77 bits per heavy atom. The second kappa shape index (κ2) is 17.1. The van der Waals surface area contributed by atoms with Crippen molar-refractivity contribution >= 4 is 24.4 Å². The number of hydrogen-bond donors (Lipinski definition) is 1.